The van der Waals surface area contributed by atoms with E-state index in [2.05, 4.69) is 37.0 Å². The SMILES string of the molecule is CC(C)c1cc(OC2CC2)c2ncc(C#N)cc2c1. The predicted octanol–water partition coefficient (Wildman–Crippen LogP) is 3.77. The maximum atomic E-state index is 8.98. The monoisotopic (exact) mass is 252 g/mol. The second-order valence-corrected chi connectivity index (χ2v) is 5.40. The molecule has 0 bridgehead atoms. The summed E-state index contributed by atoms with van der Waals surface area (Å²) < 4.78 is 5.96. The van der Waals surface area contributed by atoms with E-state index in [1.807, 2.05) is 6.07 Å². The van der Waals surface area contributed by atoms with Crippen molar-refractivity contribution >= 4 is 10.9 Å². The van der Waals surface area contributed by atoms with Gasteiger partial charge in [-0.15, -0.1) is 0 Å². The van der Waals surface area contributed by atoms with Crippen LogP contribution in [-0.4, -0.2) is 11.1 Å². The number of hydrogen-bond acceptors (Lipinski definition) is 3. The zero-order chi connectivity index (χ0) is 13.4. The van der Waals surface area contributed by atoms with Gasteiger partial charge in [0.05, 0.1) is 11.7 Å². The average Bonchev–Trinajstić information content (AvgIpc) is 3.21. The molecule has 3 heteroatoms. The minimum atomic E-state index is 0.350. The molecule has 1 fully saturated rings. The molecule has 0 radical (unpaired) electrons. The predicted molar refractivity (Wildman–Crippen MR) is 74.2 cm³/mol. The van der Waals surface area contributed by atoms with Crippen molar-refractivity contribution in [2.24, 2.45) is 0 Å². The number of aromatic nitrogens is 1. The van der Waals surface area contributed by atoms with Gasteiger partial charge in [-0.3, -0.25) is 4.98 Å². The Bertz CT molecular complexity index is 666. The van der Waals surface area contributed by atoms with Crippen molar-refractivity contribution in [2.75, 3.05) is 0 Å². The summed E-state index contributed by atoms with van der Waals surface area (Å²) in [6.07, 6.45) is 4.22. The molecule has 1 aliphatic carbocycles. The van der Waals surface area contributed by atoms with Gasteiger partial charge in [0.2, 0.25) is 0 Å². The molecule has 0 amide bonds. The molecule has 0 unspecified atom stereocenters. The van der Waals surface area contributed by atoms with E-state index < -0.39 is 0 Å². The van der Waals surface area contributed by atoms with E-state index in [0.29, 0.717) is 17.6 Å². The highest BCUT2D eigenvalue weighted by molar-refractivity contribution is 5.86. The summed E-state index contributed by atoms with van der Waals surface area (Å²) in [6.45, 7) is 4.31. The van der Waals surface area contributed by atoms with Gasteiger partial charge in [0, 0.05) is 11.6 Å². The van der Waals surface area contributed by atoms with E-state index in [4.69, 9.17) is 10.00 Å². The summed E-state index contributed by atoms with van der Waals surface area (Å²) in [5, 5.41) is 9.97. The molecule has 1 aromatic heterocycles. The zero-order valence-electron chi connectivity index (χ0n) is 11.2. The Hall–Kier alpha value is -2.08. The van der Waals surface area contributed by atoms with Crippen molar-refractivity contribution in [1.82, 2.24) is 4.98 Å². The highest BCUT2D eigenvalue weighted by atomic mass is 16.5. The van der Waals surface area contributed by atoms with Gasteiger partial charge in [0.1, 0.15) is 17.3 Å². The normalized spacial score (nSPS) is 14.6. The fraction of sp³-hybridized carbons (Fsp3) is 0.375. The van der Waals surface area contributed by atoms with Gasteiger partial charge >= 0.3 is 0 Å². The Morgan fingerprint density at radius 3 is 2.74 bits per heavy atom. The van der Waals surface area contributed by atoms with Crippen LogP contribution in [0.25, 0.3) is 10.9 Å². The average molecular weight is 252 g/mol. The third-order valence-corrected chi connectivity index (χ3v) is 3.38. The summed E-state index contributed by atoms with van der Waals surface area (Å²) in [7, 11) is 0. The second-order valence-electron chi connectivity index (χ2n) is 5.40. The number of hydrogen-bond donors (Lipinski definition) is 0. The van der Waals surface area contributed by atoms with Crippen molar-refractivity contribution in [3.05, 3.63) is 35.5 Å². The van der Waals surface area contributed by atoms with Crippen LogP contribution < -0.4 is 4.74 Å². The fourth-order valence-electron chi connectivity index (χ4n) is 2.09. The van der Waals surface area contributed by atoms with Crippen LogP contribution in [0.15, 0.2) is 24.4 Å². The number of nitrogens with zero attached hydrogens (tertiary/aromatic N) is 2. The minimum absolute atomic E-state index is 0.350. The zero-order valence-corrected chi connectivity index (χ0v) is 11.2. The van der Waals surface area contributed by atoms with E-state index in [0.717, 1.165) is 29.5 Å². The molecule has 1 aliphatic rings. The molecule has 3 rings (SSSR count). The molecule has 0 saturated heterocycles. The van der Waals surface area contributed by atoms with Crippen molar-refractivity contribution in [2.45, 2.75) is 38.7 Å². The molecule has 1 aromatic carbocycles. The lowest BCUT2D eigenvalue weighted by atomic mass is 10.00. The summed E-state index contributed by atoms with van der Waals surface area (Å²) in [5.74, 6) is 1.28. The van der Waals surface area contributed by atoms with Crippen LogP contribution in [0.4, 0.5) is 0 Å². The molecule has 0 atom stereocenters. The van der Waals surface area contributed by atoms with Crippen LogP contribution in [-0.2, 0) is 0 Å². The third kappa shape index (κ3) is 2.39. The van der Waals surface area contributed by atoms with Crippen LogP contribution >= 0.6 is 0 Å². The summed E-state index contributed by atoms with van der Waals surface area (Å²) >= 11 is 0. The van der Waals surface area contributed by atoms with Gasteiger partial charge in [0.25, 0.3) is 0 Å². The molecule has 0 N–H and O–H groups in total. The van der Waals surface area contributed by atoms with Crippen LogP contribution in [0.2, 0.25) is 0 Å². The first-order valence-electron chi connectivity index (χ1n) is 6.68. The van der Waals surface area contributed by atoms with E-state index in [1.165, 1.54) is 5.56 Å². The largest absolute Gasteiger partial charge is 0.488 e. The van der Waals surface area contributed by atoms with Crippen molar-refractivity contribution in [3.63, 3.8) is 0 Å². The second kappa shape index (κ2) is 4.55. The summed E-state index contributed by atoms with van der Waals surface area (Å²) in [4.78, 5) is 4.39. The molecule has 1 saturated carbocycles. The van der Waals surface area contributed by atoms with Crippen LogP contribution in [0.1, 0.15) is 43.7 Å². The van der Waals surface area contributed by atoms with Gasteiger partial charge in [-0.1, -0.05) is 13.8 Å². The Balaban J connectivity index is 2.17. The summed E-state index contributed by atoms with van der Waals surface area (Å²) in [5.41, 5.74) is 2.67. The van der Waals surface area contributed by atoms with Crippen LogP contribution in [0, 0.1) is 11.3 Å². The molecule has 0 spiro atoms. The Morgan fingerprint density at radius 1 is 1.32 bits per heavy atom. The van der Waals surface area contributed by atoms with Gasteiger partial charge < -0.3 is 4.74 Å². The van der Waals surface area contributed by atoms with E-state index in [9.17, 15) is 0 Å². The maximum Gasteiger partial charge on any atom is 0.146 e. The van der Waals surface area contributed by atoms with E-state index in [1.54, 1.807) is 6.20 Å². The lowest BCUT2D eigenvalue weighted by Crippen LogP contribution is -2.00. The third-order valence-electron chi connectivity index (χ3n) is 3.38. The van der Waals surface area contributed by atoms with Crippen LogP contribution in [0.3, 0.4) is 0 Å². The smallest absolute Gasteiger partial charge is 0.146 e. The Kier molecular flexibility index (Phi) is 2.87. The molecular weight excluding hydrogens is 236 g/mol. The molecule has 1 heterocycles. The number of benzene rings is 1. The lowest BCUT2D eigenvalue weighted by molar-refractivity contribution is 0.306. The quantitative estimate of drug-likeness (QED) is 0.835. The number of nitriles is 1. The molecule has 96 valence electrons. The molecule has 0 aliphatic heterocycles. The van der Waals surface area contributed by atoms with Crippen molar-refractivity contribution in [1.29, 1.82) is 5.26 Å². The highest BCUT2D eigenvalue weighted by Gasteiger charge is 2.25. The van der Waals surface area contributed by atoms with Crippen molar-refractivity contribution in [3.8, 4) is 11.8 Å². The number of pyridine rings is 1. The first kappa shape index (κ1) is 12.0. The number of fused-ring (bicyclic) bond motifs is 1. The van der Waals surface area contributed by atoms with Gasteiger partial charge in [0.15, 0.2) is 0 Å². The van der Waals surface area contributed by atoms with Gasteiger partial charge in [-0.25, -0.2) is 0 Å². The lowest BCUT2D eigenvalue weighted by Gasteiger charge is -2.12. The standard InChI is InChI=1S/C16H16N2O/c1-10(2)12-6-13-5-11(8-17)9-18-16(13)15(7-12)19-14-3-4-14/h5-7,9-10,14H,3-4H2,1-2H3. The van der Waals surface area contributed by atoms with Gasteiger partial charge in [-0.2, -0.15) is 5.26 Å². The molecular formula is C16H16N2O. The molecule has 3 nitrogen and oxygen atoms in total. The van der Waals surface area contributed by atoms with E-state index >= 15 is 0 Å². The number of ether oxygens (including phenoxy) is 1. The number of rotatable bonds is 3. The highest BCUT2D eigenvalue weighted by Crippen LogP contribution is 2.34. The van der Waals surface area contributed by atoms with Gasteiger partial charge in [-0.05, 0) is 42.5 Å². The Labute approximate surface area is 112 Å². The first-order chi connectivity index (χ1) is 9.17. The van der Waals surface area contributed by atoms with E-state index in [-0.39, 0.29) is 0 Å². The minimum Gasteiger partial charge on any atom is -0.488 e. The fourth-order valence-corrected chi connectivity index (χ4v) is 2.09. The van der Waals surface area contributed by atoms with Crippen LogP contribution in [0.5, 0.6) is 5.75 Å². The Morgan fingerprint density at radius 2 is 2.11 bits per heavy atom. The molecule has 19 heavy (non-hydrogen) atoms. The molecule has 2 aromatic rings. The summed E-state index contributed by atoms with van der Waals surface area (Å²) in [6, 6.07) is 8.21. The maximum absolute atomic E-state index is 8.98. The first-order valence-corrected chi connectivity index (χ1v) is 6.68. The topological polar surface area (TPSA) is 45.9 Å². The van der Waals surface area contributed by atoms with Crippen molar-refractivity contribution < 1.29 is 4.74 Å².